The molecule has 4 aromatic rings. The Bertz CT molecular complexity index is 1340. The van der Waals surface area contributed by atoms with Crippen LogP contribution in [0.25, 0.3) is 27.3 Å². The maximum absolute atomic E-state index is 12.3. The van der Waals surface area contributed by atoms with Gasteiger partial charge in [-0.25, -0.2) is 14.6 Å². The minimum Gasteiger partial charge on any atom is -0.478 e. The van der Waals surface area contributed by atoms with Crippen molar-refractivity contribution in [3.8, 4) is 11.1 Å². The van der Waals surface area contributed by atoms with E-state index < -0.39 is 5.97 Å². The Labute approximate surface area is 188 Å². The molecule has 2 aromatic heterocycles. The first kappa shape index (κ1) is 21.1. The number of carbonyl (C=O) groups excluding carboxylic acids is 1. The number of nitrogens with zero attached hydrogens (tertiary/aromatic N) is 1. The second-order valence-corrected chi connectivity index (χ2v) is 8.03. The number of anilines is 3. The molecule has 0 aliphatic rings. The summed E-state index contributed by atoms with van der Waals surface area (Å²) in [6.07, 6.45) is 4.16. The highest BCUT2D eigenvalue weighted by Crippen LogP contribution is 2.39. The first-order valence-electron chi connectivity index (χ1n) is 9.72. The fraction of sp³-hybridized carbons (Fsp3) is 0.0417. The Morgan fingerprint density at radius 3 is 2.56 bits per heavy atom. The van der Waals surface area contributed by atoms with Gasteiger partial charge in [0.25, 0.3) is 0 Å². The molecule has 5 N–H and O–H groups in total. The van der Waals surface area contributed by atoms with Crippen molar-refractivity contribution in [1.82, 2.24) is 4.98 Å². The standard InChI is InChI=1S/C24H20N4O3S/c1-14-3-2-4-18(11-14)28-24(31)27-17-8-5-15(6-9-17)19-13-32-22-16(7-10-20(29)30)12-26-23(25)21(19)22/h2-13H,1H3,(H2,25,26)(H,29,30)(H2,27,28,31)/b10-7+. The monoisotopic (exact) mass is 444 g/mol. The van der Waals surface area contributed by atoms with Crippen LogP contribution in [-0.4, -0.2) is 22.1 Å². The summed E-state index contributed by atoms with van der Waals surface area (Å²) in [4.78, 5) is 27.4. The molecule has 8 heteroatoms. The first-order chi connectivity index (χ1) is 15.4. The van der Waals surface area contributed by atoms with Crippen molar-refractivity contribution < 1.29 is 14.7 Å². The highest BCUT2D eigenvalue weighted by Gasteiger charge is 2.13. The minimum absolute atomic E-state index is 0.326. The fourth-order valence-corrected chi connectivity index (χ4v) is 4.41. The van der Waals surface area contributed by atoms with Crippen LogP contribution in [0.1, 0.15) is 11.1 Å². The van der Waals surface area contributed by atoms with Gasteiger partial charge in [0.1, 0.15) is 5.82 Å². The largest absolute Gasteiger partial charge is 0.478 e. The third-order valence-corrected chi connectivity index (χ3v) is 5.82. The van der Waals surface area contributed by atoms with Gasteiger partial charge in [-0.2, -0.15) is 0 Å². The van der Waals surface area contributed by atoms with Crippen LogP contribution in [0.2, 0.25) is 0 Å². The molecular weight excluding hydrogens is 424 g/mol. The van der Waals surface area contributed by atoms with Crippen LogP contribution in [0, 0.1) is 6.92 Å². The zero-order valence-corrected chi connectivity index (χ0v) is 17.9. The molecule has 2 heterocycles. The molecule has 7 nitrogen and oxygen atoms in total. The van der Waals surface area contributed by atoms with Crippen molar-refractivity contribution in [1.29, 1.82) is 0 Å². The number of hydrogen-bond donors (Lipinski definition) is 4. The van der Waals surface area contributed by atoms with Crippen molar-refractivity contribution in [3.05, 3.63) is 77.3 Å². The number of pyridine rings is 1. The van der Waals surface area contributed by atoms with Crippen LogP contribution in [0.3, 0.4) is 0 Å². The van der Waals surface area contributed by atoms with E-state index in [1.54, 1.807) is 6.20 Å². The molecule has 0 bridgehead atoms. The summed E-state index contributed by atoms with van der Waals surface area (Å²) in [7, 11) is 0. The molecule has 0 fully saturated rings. The number of carboxylic acid groups (broad SMARTS) is 1. The van der Waals surface area contributed by atoms with Gasteiger partial charge < -0.3 is 21.5 Å². The second-order valence-electron chi connectivity index (χ2n) is 7.15. The van der Waals surface area contributed by atoms with Crippen LogP contribution in [-0.2, 0) is 4.79 Å². The Morgan fingerprint density at radius 1 is 1.09 bits per heavy atom. The zero-order valence-electron chi connectivity index (χ0n) is 17.1. The van der Waals surface area contributed by atoms with Crippen LogP contribution in [0.5, 0.6) is 0 Å². The van der Waals surface area contributed by atoms with Crippen LogP contribution >= 0.6 is 11.3 Å². The highest BCUT2D eigenvalue weighted by atomic mass is 32.1. The predicted molar refractivity (Wildman–Crippen MR) is 130 cm³/mol. The van der Waals surface area contributed by atoms with Gasteiger partial charge >= 0.3 is 12.0 Å². The molecule has 0 atom stereocenters. The molecule has 0 saturated heterocycles. The summed E-state index contributed by atoms with van der Waals surface area (Å²) < 4.78 is 0.865. The lowest BCUT2D eigenvalue weighted by atomic mass is 10.0. The maximum atomic E-state index is 12.3. The fourth-order valence-electron chi connectivity index (χ4n) is 3.33. The summed E-state index contributed by atoms with van der Waals surface area (Å²) >= 11 is 1.47. The van der Waals surface area contributed by atoms with E-state index in [9.17, 15) is 9.59 Å². The van der Waals surface area contributed by atoms with Gasteiger partial charge in [-0.3, -0.25) is 0 Å². The van der Waals surface area contributed by atoms with Crippen LogP contribution < -0.4 is 16.4 Å². The Balaban J connectivity index is 1.56. The lowest BCUT2D eigenvalue weighted by Crippen LogP contribution is -2.19. The number of nitrogens with two attached hydrogens (primary N) is 1. The Kier molecular flexibility index (Phi) is 5.87. The average Bonchev–Trinajstić information content (AvgIpc) is 3.20. The van der Waals surface area contributed by atoms with Gasteiger partial charge in [0.2, 0.25) is 0 Å². The van der Waals surface area contributed by atoms with E-state index in [0.29, 0.717) is 17.1 Å². The van der Waals surface area contributed by atoms with E-state index in [4.69, 9.17) is 10.8 Å². The maximum Gasteiger partial charge on any atom is 0.328 e. The molecule has 32 heavy (non-hydrogen) atoms. The number of aromatic nitrogens is 1. The van der Waals surface area contributed by atoms with Gasteiger partial charge in [-0.1, -0.05) is 24.3 Å². The van der Waals surface area contributed by atoms with E-state index in [2.05, 4.69) is 15.6 Å². The SMILES string of the molecule is Cc1cccc(NC(=O)Nc2ccc(-c3csc4c(/C=C/C(=O)O)cnc(N)c34)cc2)c1. The van der Waals surface area contributed by atoms with Crippen molar-refractivity contribution in [3.63, 3.8) is 0 Å². The quantitative estimate of drug-likeness (QED) is 0.299. The molecule has 0 unspecified atom stereocenters. The number of benzene rings is 2. The normalized spacial score (nSPS) is 11.0. The number of aryl methyl sites for hydroxylation is 1. The molecule has 0 spiro atoms. The summed E-state index contributed by atoms with van der Waals surface area (Å²) in [6, 6.07) is 14.6. The van der Waals surface area contributed by atoms with Gasteiger partial charge in [0.15, 0.2) is 0 Å². The Hall–Kier alpha value is -4.17. The van der Waals surface area contributed by atoms with Crippen molar-refractivity contribution >= 4 is 56.7 Å². The van der Waals surface area contributed by atoms with Crippen molar-refractivity contribution in [2.75, 3.05) is 16.4 Å². The van der Waals surface area contributed by atoms with Gasteiger partial charge in [0.05, 0.1) is 0 Å². The van der Waals surface area contributed by atoms with E-state index in [0.717, 1.165) is 38.5 Å². The number of nitrogen functional groups attached to an aromatic ring is 1. The van der Waals surface area contributed by atoms with Crippen LogP contribution in [0.15, 0.2) is 66.2 Å². The second kappa shape index (κ2) is 8.91. The number of urea groups is 1. The molecule has 0 saturated carbocycles. The summed E-state index contributed by atoms with van der Waals surface area (Å²) in [5.74, 6) is -0.648. The molecule has 0 radical (unpaired) electrons. The molecule has 0 aliphatic heterocycles. The number of carbonyl (C=O) groups is 2. The van der Waals surface area contributed by atoms with Gasteiger partial charge in [-0.05, 0) is 53.8 Å². The third-order valence-electron chi connectivity index (χ3n) is 4.79. The molecule has 0 aliphatic carbocycles. The van der Waals surface area contributed by atoms with Crippen molar-refractivity contribution in [2.24, 2.45) is 0 Å². The molecular formula is C24H20N4O3S. The van der Waals surface area contributed by atoms with E-state index in [1.165, 1.54) is 17.4 Å². The number of nitrogens with one attached hydrogen (secondary N) is 2. The molecule has 2 aromatic carbocycles. The highest BCUT2D eigenvalue weighted by molar-refractivity contribution is 7.18. The zero-order chi connectivity index (χ0) is 22.7. The average molecular weight is 445 g/mol. The summed E-state index contributed by atoms with van der Waals surface area (Å²) in [5, 5.41) is 17.3. The Morgan fingerprint density at radius 2 is 1.84 bits per heavy atom. The number of rotatable bonds is 5. The minimum atomic E-state index is -1.03. The smallest absolute Gasteiger partial charge is 0.328 e. The van der Waals surface area contributed by atoms with Gasteiger partial charge in [0, 0.05) is 44.9 Å². The predicted octanol–water partition coefficient (Wildman–Crippen LogP) is 5.60. The number of fused-ring (bicyclic) bond motifs is 1. The van der Waals surface area contributed by atoms with Gasteiger partial charge in [-0.15, -0.1) is 11.3 Å². The lowest BCUT2D eigenvalue weighted by Gasteiger charge is -2.09. The number of aliphatic carboxylic acids is 1. The molecule has 4 rings (SSSR count). The lowest BCUT2D eigenvalue weighted by molar-refractivity contribution is -0.131. The van der Waals surface area contributed by atoms with E-state index in [1.807, 2.05) is 60.8 Å². The van der Waals surface area contributed by atoms with E-state index in [-0.39, 0.29) is 6.03 Å². The van der Waals surface area contributed by atoms with E-state index >= 15 is 0 Å². The molecule has 160 valence electrons. The molecule has 2 amide bonds. The summed E-state index contributed by atoms with van der Waals surface area (Å²) in [5.41, 5.74) is 11.1. The summed E-state index contributed by atoms with van der Waals surface area (Å²) in [6.45, 7) is 1.96. The van der Waals surface area contributed by atoms with Crippen LogP contribution in [0.4, 0.5) is 22.0 Å². The topological polar surface area (TPSA) is 117 Å². The van der Waals surface area contributed by atoms with Crippen molar-refractivity contribution in [2.45, 2.75) is 6.92 Å². The number of hydrogen-bond acceptors (Lipinski definition) is 5. The third kappa shape index (κ3) is 4.60. The number of amides is 2. The number of thiophene rings is 1. The number of carboxylic acids is 1. The first-order valence-corrected chi connectivity index (χ1v) is 10.6.